The van der Waals surface area contributed by atoms with E-state index in [9.17, 15) is 4.79 Å². The number of ether oxygens (including phenoxy) is 1. The van der Waals surface area contributed by atoms with Gasteiger partial charge in [0, 0.05) is 12.6 Å². The Morgan fingerprint density at radius 3 is 2.91 bits per heavy atom. The third kappa shape index (κ3) is 2.74. The number of nitrogens with zero attached hydrogens (tertiary/aromatic N) is 4. The van der Waals surface area contributed by atoms with Crippen molar-refractivity contribution in [2.45, 2.75) is 26.4 Å². The van der Waals surface area contributed by atoms with Crippen LogP contribution in [0.1, 0.15) is 18.3 Å². The first kappa shape index (κ1) is 14.4. The van der Waals surface area contributed by atoms with Crippen molar-refractivity contribution in [3.05, 3.63) is 35.7 Å². The number of aromatic nitrogens is 3. The fourth-order valence-corrected chi connectivity index (χ4v) is 2.37. The molecule has 7 heteroatoms. The van der Waals surface area contributed by atoms with E-state index in [1.54, 1.807) is 16.6 Å². The molecular weight excluding hydrogens is 282 g/mol. The van der Waals surface area contributed by atoms with Crippen LogP contribution in [0.4, 0.5) is 10.7 Å². The van der Waals surface area contributed by atoms with Gasteiger partial charge >= 0.3 is 6.03 Å². The van der Waals surface area contributed by atoms with Crippen LogP contribution in [-0.2, 0) is 13.6 Å². The normalized spacial score (nSPS) is 17.4. The number of carbonyl (C=O) groups is 1. The molecule has 2 amide bonds. The van der Waals surface area contributed by atoms with Gasteiger partial charge in [-0.1, -0.05) is 18.2 Å². The number of hydrogen-bond donors (Lipinski definition) is 1. The third-order valence-corrected chi connectivity index (χ3v) is 3.79. The molecule has 3 rings (SSSR count). The van der Waals surface area contributed by atoms with Crippen molar-refractivity contribution in [3.63, 3.8) is 0 Å². The minimum Gasteiger partial charge on any atom is -0.491 e. The fourth-order valence-electron chi connectivity index (χ4n) is 2.37. The van der Waals surface area contributed by atoms with E-state index in [1.165, 1.54) is 0 Å². The summed E-state index contributed by atoms with van der Waals surface area (Å²) in [5, 5.41) is 6.90. The highest BCUT2D eigenvalue weighted by Crippen LogP contribution is 2.25. The van der Waals surface area contributed by atoms with E-state index in [4.69, 9.17) is 4.74 Å². The van der Waals surface area contributed by atoms with Crippen LogP contribution in [0.2, 0.25) is 0 Å². The molecule has 0 fully saturated rings. The third-order valence-electron chi connectivity index (χ3n) is 3.79. The number of amides is 2. The van der Waals surface area contributed by atoms with Crippen LogP contribution in [-0.4, -0.2) is 38.3 Å². The molecular formula is C15H19N5O2. The zero-order valence-corrected chi connectivity index (χ0v) is 12.9. The van der Waals surface area contributed by atoms with Crippen molar-refractivity contribution in [1.29, 1.82) is 0 Å². The van der Waals surface area contributed by atoms with E-state index in [-0.39, 0.29) is 12.1 Å². The zero-order valence-electron chi connectivity index (χ0n) is 12.9. The summed E-state index contributed by atoms with van der Waals surface area (Å²) in [5.41, 5.74) is 0.993. The Morgan fingerprint density at radius 1 is 1.41 bits per heavy atom. The second-order valence-electron chi connectivity index (χ2n) is 5.43. The SMILES string of the molecule is Cc1nc(NC(=O)N2Cc3ccccc3OCC2C)nn1C. The summed E-state index contributed by atoms with van der Waals surface area (Å²) in [6.07, 6.45) is 0. The largest absolute Gasteiger partial charge is 0.491 e. The minimum absolute atomic E-state index is 0.0443. The van der Waals surface area contributed by atoms with E-state index in [0.717, 1.165) is 17.1 Å². The van der Waals surface area contributed by atoms with Crippen molar-refractivity contribution in [2.75, 3.05) is 11.9 Å². The van der Waals surface area contributed by atoms with Crippen LogP contribution < -0.4 is 10.1 Å². The van der Waals surface area contributed by atoms with Crippen LogP contribution in [0.15, 0.2) is 24.3 Å². The van der Waals surface area contributed by atoms with Gasteiger partial charge in [0.25, 0.3) is 0 Å². The van der Waals surface area contributed by atoms with Crippen LogP contribution in [0.5, 0.6) is 5.75 Å². The molecule has 1 N–H and O–H groups in total. The van der Waals surface area contributed by atoms with Crippen molar-refractivity contribution in [3.8, 4) is 5.75 Å². The number of aryl methyl sites for hydroxylation is 2. The van der Waals surface area contributed by atoms with Gasteiger partial charge in [-0.25, -0.2) is 4.79 Å². The van der Waals surface area contributed by atoms with Crippen molar-refractivity contribution in [1.82, 2.24) is 19.7 Å². The summed E-state index contributed by atoms with van der Waals surface area (Å²) in [4.78, 5) is 18.5. The van der Waals surface area contributed by atoms with Gasteiger partial charge in [0.15, 0.2) is 0 Å². The Labute approximate surface area is 128 Å². The fraction of sp³-hybridized carbons (Fsp3) is 0.400. The average molecular weight is 301 g/mol. The molecule has 1 unspecified atom stereocenters. The zero-order chi connectivity index (χ0) is 15.7. The Morgan fingerprint density at radius 2 is 2.18 bits per heavy atom. The van der Waals surface area contributed by atoms with Gasteiger partial charge in [0.05, 0.1) is 12.6 Å². The molecule has 0 bridgehead atoms. The van der Waals surface area contributed by atoms with E-state index in [0.29, 0.717) is 19.1 Å². The molecule has 0 spiro atoms. The number of hydrogen-bond acceptors (Lipinski definition) is 4. The number of para-hydroxylation sites is 1. The summed E-state index contributed by atoms with van der Waals surface area (Å²) in [6.45, 7) is 4.75. The lowest BCUT2D eigenvalue weighted by Gasteiger charge is -2.25. The predicted octanol–water partition coefficient (Wildman–Crippen LogP) is 1.94. The maximum absolute atomic E-state index is 12.5. The molecule has 0 aliphatic carbocycles. The van der Waals surface area contributed by atoms with Crippen LogP contribution in [0.3, 0.4) is 0 Å². The molecule has 2 heterocycles. The number of fused-ring (bicyclic) bond motifs is 1. The number of carbonyl (C=O) groups excluding carboxylic acids is 1. The molecule has 7 nitrogen and oxygen atoms in total. The highest BCUT2D eigenvalue weighted by molar-refractivity contribution is 5.87. The first-order valence-corrected chi connectivity index (χ1v) is 7.20. The van der Waals surface area contributed by atoms with Gasteiger partial charge in [0.2, 0.25) is 5.95 Å². The number of nitrogens with one attached hydrogen (secondary N) is 1. The highest BCUT2D eigenvalue weighted by atomic mass is 16.5. The lowest BCUT2D eigenvalue weighted by Crippen LogP contribution is -2.42. The van der Waals surface area contributed by atoms with Crippen LogP contribution in [0, 0.1) is 6.92 Å². The van der Waals surface area contributed by atoms with E-state index < -0.39 is 0 Å². The maximum atomic E-state index is 12.5. The predicted molar refractivity (Wildman–Crippen MR) is 81.7 cm³/mol. The number of urea groups is 1. The monoisotopic (exact) mass is 301 g/mol. The Hall–Kier alpha value is -2.57. The number of anilines is 1. The van der Waals surface area contributed by atoms with Crippen molar-refractivity contribution < 1.29 is 9.53 Å². The molecule has 0 radical (unpaired) electrons. The molecule has 0 saturated carbocycles. The Kier molecular flexibility index (Phi) is 3.70. The summed E-state index contributed by atoms with van der Waals surface area (Å²) < 4.78 is 7.38. The number of benzene rings is 1. The molecule has 1 atom stereocenters. The minimum atomic E-state index is -0.224. The molecule has 1 aliphatic rings. The van der Waals surface area contributed by atoms with Crippen molar-refractivity contribution >= 4 is 12.0 Å². The number of rotatable bonds is 1. The van der Waals surface area contributed by atoms with Gasteiger partial charge in [-0.05, 0) is 19.9 Å². The first-order chi connectivity index (χ1) is 10.5. The van der Waals surface area contributed by atoms with Gasteiger partial charge in [-0.2, -0.15) is 4.98 Å². The van der Waals surface area contributed by atoms with E-state index in [2.05, 4.69) is 15.4 Å². The summed E-state index contributed by atoms with van der Waals surface area (Å²) >= 11 is 0. The lowest BCUT2D eigenvalue weighted by atomic mass is 10.2. The summed E-state index contributed by atoms with van der Waals surface area (Å²) in [7, 11) is 1.79. The second-order valence-corrected chi connectivity index (χ2v) is 5.43. The molecule has 1 aromatic heterocycles. The maximum Gasteiger partial charge on any atom is 0.324 e. The molecule has 0 saturated heterocycles. The van der Waals surface area contributed by atoms with Crippen LogP contribution >= 0.6 is 0 Å². The Bertz CT molecular complexity index is 677. The van der Waals surface area contributed by atoms with Gasteiger partial charge in [0.1, 0.15) is 18.2 Å². The lowest BCUT2D eigenvalue weighted by molar-refractivity contribution is 0.167. The molecule has 22 heavy (non-hydrogen) atoms. The van der Waals surface area contributed by atoms with Gasteiger partial charge in [-0.15, -0.1) is 5.10 Å². The molecule has 1 aliphatic heterocycles. The smallest absolute Gasteiger partial charge is 0.324 e. The Balaban J connectivity index is 1.79. The first-order valence-electron chi connectivity index (χ1n) is 7.20. The highest BCUT2D eigenvalue weighted by Gasteiger charge is 2.26. The second kappa shape index (κ2) is 5.67. The summed E-state index contributed by atoms with van der Waals surface area (Å²) in [6, 6.07) is 7.50. The molecule has 116 valence electrons. The van der Waals surface area contributed by atoms with Gasteiger partial charge < -0.3 is 9.64 Å². The van der Waals surface area contributed by atoms with Gasteiger partial charge in [-0.3, -0.25) is 10.00 Å². The van der Waals surface area contributed by atoms with Crippen LogP contribution in [0.25, 0.3) is 0 Å². The summed E-state index contributed by atoms with van der Waals surface area (Å²) in [5.74, 6) is 1.89. The molecule has 1 aromatic carbocycles. The topological polar surface area (TPSA) is 72.3 Å². The van der Waals surface area contributed by atoms with E-state index in [1.807, 2.05) is 38.1 Å². The average Bonchev–Trinajstić information content (AvgIpc) is 2.71. The van der Waals surface area contributed by atoms with E-state index >= 15 is 0 Å². The quantitative estimate of drug-likeness (QED) is 0.873. The molecule has 2 aromatic rings. The standard InChI is InChI=1S/C15H19N5O2/c1-10-9-22-13-7-5-4-6-12(13)8-20(10)15(21)17-14-16-11(2)19(3)18-14/h4-7,10H,8-9H2,1-3H3,(H,17,18,21). The van der Waals surface area contributed by atoms with Crippen molar-refractivity contribution in [2.24, 2.45) is 7.05 Å².